The first-order valence-electron chi connectivity index (χ1n) is 7.29. The topological polar surface area (TPSA) is 32.3 Å². The van der Waals surface area contributed by atoms with Crippen LogP contribution in [0, 0.1) is 0 Å². The first kappa shape index (κ1) is 12.9. The number of hydrogen-bond acceptors (Lipinski definition) is 2. The van der Waals surface area contributed by atoms with Crippen molar-refractivity contribution in [3.63, 3.8) is 0 Å². The molecule has 2 unspecified atom stereocenters. The Kier molecular flexibility index (Phi) is 4.08. The summed E-state index contributed by atoms with van der Waals surface area (Å²) in [5.74, 6) is 0.390. The molecule has 0 spiro atoms. The van der Waals surface area contributed by atoms with E-state index in [4.69, 9.17) is 0 Å². The minimum atomic E-state index is -0.216. The Morgan fingerprint density at radius 1 is 1.41 bits per heavy atom. The van der Waals surface area contributed by atoms with E-state index in [2.05, 4.69) is 24.1 Å². The summed E-state index contributed by atoms with van der Waals surface area (Å²) in [6, 6.07) is 0.499. The molecule has 2 saturated heterocycles. The average Bonchev–Trinajstić information content (AvgIpc) is 2.97. The van der Waals surface area contributed by atoms with Gasteiger partial charge in [-0.3, -0.25) is 4.79 Å². The second kappa shape index (κ2) is 5.38. The molecule has 0 aliphatic carbocycles. The Bertz CT molecular complexity index is 271. The first-order valence-corrected chi connectivity index (χ1v) is 7.29. The molecule has 2 aliphatic heterocycles. The third-order valence-electron chi connectivity index (χ3n) is 4.44. The van der Waals surface area contributed by atoms with Crippen molar-refractivity contribution in [2.24, 2.45) is 0 Å². The monoisotopic (exact) mass is 238 g/mol. The van der Waals surface area contributed by atoms with Gasteiger partial charge in [0.2, 0.25) is 5.91 Å². The highest BCUT2D eigenvalue weighted by molar-refractivity contribution is 5.87. The Morgan fingerprint density at radius 2 is 2.24 bits per heavy atom. The fourth-order valence-corrected chi connectivity index (χ4v) is 3.54. The molecule has 0 saturated carbocycles. The van der Waals surface area contributed by atoms with Crippen molar-refractivity contribution in [2.75, 3.05) is 13.1 Å². The maximum absolute atomic E-state index is 12.8. The van der Waals surface area contributed by atoms with Crippen molar-refractivity contribution < 1.29 is 4.79 Å². The van der Waals surface area contributed by atoms with E-state index in [1.807, 2.05) is 0 Å². The van der Waals surface area contributed by atoms with E-state index in [1.54, 1.807) is 0 Å². The van der Waals surface area contributed by atoms with Crippen LogP contribution in [0.25, 0.3) is 0 Å². The van der Waals surface area contributed by atoms with Crippen LogP contribution in [0.2, 0.25) is 0 Å². The van der Waals surface area contributed by atoms with E-state index in [1.165, 1.54) is 12.8 Å². The Balaban J connectivity index is 2.10. The molecule has 2 atom stereocenters. The predicted molar refractivity (Wildman–Crippen MR) is 69.9 cm³/mol. The van der Waals surface area contributed by atoms with Gasteiger partial charge in [0.05, 0.1) is 5.54 Å². The quantitative estimate of drug-likeness (QED) is 0.815. The van der Waals surface area contributed by atoms with Gasteiger partial charge in [0.25, 0.3) is 0 Å². The van der Waals surface area contributed by atoms with E-state index in [0.29, 0.717) is 11.9 Å². The van der Waals surface area contributed by atoms with Gasteiger partial charge in [0.1, 0.15) is 0 Å². The number of nitrogens with one attached hydrogen (secondary N) is 1. The van der Waals surface area contributed by atoms with E-state index in [-0.39, 0.29) is 5.54 Å². The molecule has 3 nitrogen and oxygen atoms in total. The highest BCUT2D eigenvalue weighted by Gasteiger charge is 2.44. The molecule has 0 aromatic heterocycles. The van der Waals surface area contributed by atoms with Crippen molar-refractivity contribution in [1.82, 2.24) is 10.2 Å². The van der Waals surface area contributed by atoms with Gasteiger partial charge in [-0.25, -0.2) is 0 Å². The van der Waals surface area contributed by atoms with Crippen molar-refractivity contribution in [1.29, 1.82) is 0 Å². The number of nitrogens with zero attached hydrogens (tertiary/aromatic N) is 1. The smallest absolute Gasteiger partial charge is 0.243 e. The van der Waals surface area contributed by atoms with E-state index in [0.717, 1.165) is 45.2 Å². The van der Waals surface area contributed by atoms with Crippen LogP contribution < -0.4 is 5.32 Å². The zero-order valence-electron chi connectivity index (χ0n) is 11.3. The standard InChI is InChI=1S/C14H26N2O/c1-3-8-14(9-6-10-15-14)13(17)16-11-5-7-12(16)4-2/h12,15H,3-11H2,1-2H3. The van der Waals surface area contributed by atoms with Crippen LogP contribution in [0.1, 0.15) is 58.8 Å². The van der Waals surface area contributed by atoms with Crippen molar-refractivity contribution in [3.05, 3.63) is 0 Å². The molecule has 3 heteroatoms. The van der Waals surface area contributed by atoms with Gasteiger partial charge in [0.15, 0.2) is 0 Å². The van der Waals surface area contributed by atoms with Crippen LogP contribution in [-0.4, -0.2) is 35.5 Å². The van der Waals surface area contributed by atoms with Crippen LogP contribution in [0.5, 0.6) is 0 Å². The Labute approximate surface area is 105 Å². The number of hydrogen-bond donors (Lipinski definition) is 1. The summed E-state index contributed by atoms with van der Waals surface area (Å²) < 4.78 is 0. The average molecular weight is 238 g/mol. The van der Waals surface area contributed by atoms with E-state index < -0.39 is 0 Å². The van der Waals surface area contributed by atoms with Gasteiger partial charge < -0.3 is 10.2 Å². The Hall–Kier alpha value is -0.570. The second-order valence-electron chi connectivity index (χ2n) is 5.57. The summed E-state index contributed by atoms with van der Waals surface area (Å²) in [7, 11) is 0. The zero-order valence-corrected chi connectivity index (χ0v) is 11.3. The van der Waals surface area contributed by atoms with Crippen LogP contribution >= 0.6 is 0 Å². The number of likely N-dealkylation sites (tertiary alicyclic amines) is 1. The van der Waals surface area contributed by atoms with Gasteiger partial charge in [-0.15, -0.1) is 0 Å². The maximum atomic E-state index is 12.8. The van der Waals surface area contributed by atoms with Crippen LogP contribution in [-0.2, 0) is 4.79 Å². The van der Waals surface area contributed by atoms with Crippen molar-refractivity contribution >= 4 is 5.91 Å². The van der Waals surface area contributed by atoms with Gasteiger partial charge in [0, 0.05) is 12.6 Å². The maximum Gasteiger partial charge on any atom is 0.243 e. The third-order valence-corrected chi connectivity index (χ3v) is 4.44. The molecule has 2 heterocycles. The zero-order chi connectivity index (χ0) is 12.3. The number of carbonyl (C=O) groups excluding carboxylic acids is 1. The van der Waals surface area contributed by atoms with Gasteiger partial charge in [-0.1, -0.05) is 20.3 Å². The highest BCUT2D eigenvalue weighted by Crippen LogP contribution is 2.31. The molecule has 0 aromatic rings. The fourth-order valence-electron chi connectivity index (χ4n) is 3.54. The number of carbonyl (C=O) groups is 1. The van der Waals surface area contributed by atoms with Gasteiger partial charge in [-0.2, -0.15) is 0 Å². The molecular weight excluding hydrogens is 212 g/mol. The van der Waals surface area contributed by atoms with Crippen LogP contribution in [0.4, 0.5) is 0 Å². The highest BCUT2D eigenvalue weighted by atomic mass is 16.2. The SMILES string of the molecule is CCCC1(C(=O)N2CCCC2CC)CCCN1. The Morgan fingerprint density at radius 3 is 2.82 bits per heavy atom. The summed E-state index contributed by atoms with van der Waals surface area (Å²) in [5, 5.41) is 3.50. The third kappa shape index (κ3) is 2.35. The lowest BCUT2D eigenvalue weighted by molar-refractivity contribution is -0.139. The molecule has 1 N–H and O–H groups in total. The molecule has 98 valence electrons. The molecule has 0 radical (unpaired) electrons. The summed E-state index contributed by atoms with van der Waals surface area (Å²) in [4.78, 5) is 15.0. The molecule has 0 aromatic carbocycles. The molecule has 2 fully saturated rings. The normalized spacial score (nSPS) is 33.3. The molecule has 2 aliphatic rings. The van der Waals surface area contributed by atoms with Gasteiger partial charge >= 0.3 is 0 Å². The first-order chi connectivity index (χ1) is 8.23. The van der Waals surface area contributed by atoms with Gasteiger partial charge in [-0.05, 0) is 45.1 Å². The molecular formula is C14H26N2O. The van der Waals surface area contributed by atoms with E-state index in [9.17, 15) is 4.79 Å². The van der Waals surface area contributed by atoms with Crippen LogP contribution in [0.3, 0.4) is 0 Å². The number of rotatable bonds is 4. The molecule has 1 amide bonds. The largest absolute Gasteiger partial charge is 0.338 e. The minimum Gasteiger partial charge on any atom is -0.338 e. The molecule has 2 rings (SSSR count). The minimum absolute atomic E-state index is 0.216. The molecule has 17 heavy (non-hydrogen) atoms. The van der Waals surface area contributed by atoms with E-state index >= 15 is 0 Å². The fraction of sp³-hybridized carbons (Fsp3) is 0.929. The van der Waals surface area contributed by atoms with Crippen LogP contribution in [0.15, 0.2) is 0 Å². The summed E-state index contributed by atoms with van der Waals surface area (Å²) in [6.07, 6.45) is 7.76. The summed E-state index contributed by atoms with van der Waals surface area (Å²) in [5.41, 5.74) is -0.216. The second-order valence-corrected chi connectivity index (χ2v) is 5.57. The number of amides is 1. The lowest BCUT2D eigenvalue weighted by Gasteiger charge is -2.35. The lowest BCUT2D eigenvalue weighted by atomic mass is 9.90. The lowest BCUT2D eigenvalue weighted by Crippen LogP contribution is -2.55. The molecule has 0 bridgehead atoms. The van der Waals surface area contributed by atoms with Crippen molar-refractivity contribution in [2.45, 2.75) is 70.4 Å². The van der Waals surface area contributed by atoms with Crippen molar-refractivity contribution in [3.8, 4) is 0 Å². The summed E-state index contributed by atoms with van der Waals surface area (Å²) in [6.45, 7) is 6.36. The summed E-state index contributed by atoms with van der Waals surface area (Å²) >= 11 is 0. The predicted octanol–water partition coefficient (Wildman–Crippen LogP) is 2.31.